The van der Waals surface area contributed by atoms with Gasteiger partial charge in [-0.15, -0.1) is 0 Å². The van der Waals surface area contributed by atoms with Gasteiger partial charge in [0.15, 0.2) is 0 Å². The fourth-order valence-corrected chi connectivity index (χ4v) is 2.27. The first kappa shape index (κ1) is 17.1. The average Bonchev–Trinajstić information content (AvgIpc) is 2.54. The van der Waals surface area contributed by atoms with E-state index < -0.39 is 11.6 Å². The van der Waals surface area contributed by atoms with Crippen LogP contribution in [-0.4, -0.2) is 24.8 Å². The molecule has 1 unspecified atom stereocenters. The highest BCUT2D eigenvalue weighted by Crippen LogP contribution is 2.27. The van der Waals surface area contributed by atoms with Crippen LogP contribution in [0.3, 0.4) is 0 Å². The number of hydrogen-bond acceptors (Lipinski definition) is 3. The van der Waals surface area contributed by atoms with E-state index in [4.69, 9.17) is 16.3 Å². The summed E-state index contributed by atoms with van der Waals surface area (Å²) in [6, 6.07) is 13.6. The van der Waals surface area contributed by atoms with Crippen molar-refractivity contribution >= 4 is 23.3 Å². The number of nitrogens with one attached hydrogen (secondary N) is 2. The van der Waals surface area contributed by atoms with E-state index in [1.807, 2.05) is 18.2 Å². The van der Waals surface area contributed by atoms with Crippen molar-refractivity contribution in [2.75, 3.05) is 19.0 Å². The molecule has 0 heterocycles. The molecule has 0 aliphatic carbocycles. The molecule has 122 valence electrons. The molecule has 0 radical (unpaired) electrons. The van der Waals surface area contributed by atoms with Gasteiger partial charge in [-0.1, -0.05) is 41.9 Å². The molecule has 0 aliphatic rings. The lowest BCUT2D eigenvalue weighted by Gasteiger charge is -2.24. The summed E-state index contributed by atoms with van der Waals surface area (Å²) >= 11 is 5.92. The Balaban J connectivity index is 1.99. The molecular formula is C17H19ClN2O3. The zero-order valence-electron chi connectivity index (χ0n) is 13.0. The second kappa shape index (κ2) is 7.35. The molecular weight excluding hydrogens is 316 g/mol. The van der Waals surface area contributed by atoms with Gasteiger partial charge in [-0.3, -0.25) is 0 Å². The number of methoxy groups -OCH3 is 1. The van der Waals surface area contributed by atoms with Gasteiger partial charge in [0.2, 0.25) is 0 Å². The molecule has 0 aromatic heterocycles. The zero-order chi connectivity index (χ0) is 16.9. The summed E-state index contributed by atoms with van der Waals surface area (Å²) in [6.45, 7) is 1.70. The Morgan fingerprint density at radius 1 is 1.26 bits per heavy atom. The second-order valence-corrected chi connectivity index (χ2v) is 5.73. The van der Waals surface area contributed by atoms with Crippen LogP contribution in [-0.2, 0) is 5.60 Å². The summed E-state index contributed by atoms with van der Waals surface area (Å²) in [6.07, 6.45) is 0. The van der Waals surface area contributed by atoms with Gasteiger partial charge < -0.3 is 20.5 Å². The van der Waals surface area contributed by atoms with Crippen LogP contribution in [0.1, 0.15) is 12.5 Å². The third-order valence-corrected chi connectivity index (χ3v) is 3.63. The molecule has 2 aromatic carbocycles. The normalized spacial score (nSPS) is 13.0. The SMILES string of the molecule is COc1ccc(Cl)cc1NC(=O)NCC(C)(O)c1ccccc1. The molecule has 2 amide bonds. The molecule has 0 saturated carbocycles. The Bertz CT molecular complexity index is 675. The maximum Gasteiger partial charge on any atom is 0.319 e. The Hall–Kier alpha value is -2.24. The van der Waals surface area contributed by atoms with Gasteiger partial charge >= 0.3 is 6.03 Å². The first-order valence-corrected chi connectivity index (χ1v) is 7.46. The van der Waals surface area contributed by atoms with Gasteiger partial charge in [-0.2, -0.15) is 0 Å². The average molecular weight is 335 g/mol. The van der Waals surface area contributed by atoms with Gasteiger partial charge in [0.05, 0.1) is 19.3 Å². The number of carbonyl (C=O) groups excluding carboxylic acids is 1. The summed E-state index contributed by atoms with van der Waals surface area (Å²) in [4.78, 5) is 12.0. The molecule has 5 nitrogen and oxygen atoms in total. The number of anilines is 1. The van der Waals surface area contributed by atoms with Gasteiger partial charge in [0.25, 0.3) is 0 Å². The van der Waals surface area contributed by atoms with Gasteiger partial charge in [0.1, 0.15) is 11.4 Å². The number of urea groups is 1. The van der Waals surface area contributed by atoms with Crippen molar-refractivity contribution in [3.8, 4) is 5.75 Å². The smallest absolute Gasteiger partial charge is 0.319 e. The summed E-state index contributed by atoms with van der Waals surface area (Å²) in [5, 5.41) is 16.2. The fraction of sp³-hybridized carbons (Fsp3) is 0.235. The highest BCUT2D eigenvalue weighted by Gasteiger charge is 2.23. The fourth-order valence-electron chi connectivity index (χ4n) is 2.10. The van der Waals surface area contributed by atoms with E-state index in [2.05, 4.69) is 10.6 Å². The van der Waals surface area contributed by atoms with E-state index in [9.17, 15) is 9.90 Å². The van der Waals surface area contributed by atoms with Crippen molar-refractivity contribution in [3.05, 3.63) is 59.1 Å². The topological polar surface area (TPSA) is 70.6 Å². The molecule has 3 N–H and O–H groups in total. The lowest BCUT2D eigenvalue weighted by atomic mass is 9.96. The van der Waals surface area contributed by atoms with Crippen molar-refractivity contribution in [2.45, 2.75) is 12.5 Å². The first-order valence-electron chi connectivity index (χ1n) is 7.08. The van der Waals surface area contributed by atoms with E-state index in [-0.39, 0.29) is 6.54 Å². The number of carbonyl (C=O) groups is 1. The van der Waals surface area contributed by atoms with Crippen LogP contribution in [0.25, 0.3) is 0 Å². The second-order valence-electron chi connectivity index (χ2n) is 5.29. The minimum Gasteiger partial charge on any atom is -0.495 e. The van der Waals surface area contributed by atoms with Crippen LogP contribution in [0.2, 0.25) is 5.02 Å². The van der Waals surface area contributed by atoms with Crippen molar-refractivity contribution in [1.82, 2.24) is 5.32 Å². The number of aliphatic hydroxyl groups is 1. The van der Waals surface area contributed by atoms with Crippen LogP contribution in [0, 0.1) is 0 Å². The molecule has 0 aliphatic heterocycles. The van der Waals surface area contributed by atoms with Crippen molar-refractivity contribution < 1.29 is 14.6 Å². The maximum absolute atomic E-state index is 12.0. The lowest BCUT2D eigenvalue weighted by molar-refractivity contribution is 0.0599. The van der Waals surface area contributed by atoms with E-state index in [0.717, 1.165) is 5.56 Å². The van der Waals surface area contributed by atoms with Gasteiger partial charge in [0, 0.05) is 5.02 Å². The molecule has 6 heteroatoms. The summed E-state index contributed by atoms with van der Waals surface area (Å²) < 4.78 is 5.17. The highest BCUT2D eigenvalue weighted by molar-refractivity contribution is 6.31. The minimum atomic E-state index is -1.17. The van der Waals surface area contributed by atoms with Crippen LogP contribution in [0.15, 0.2) is 48.5 Å². The Kier molecular flexibility index (Phi) is 5.47. The summed E-state index contributed by atoms with van der Waals surface area (Å²) in [5.41, 5.74) is 0.00861. The molecule has 2 rings (SSSR count). The number of hydrogen-bond donors (Lipinski definition) is 3. The minimum absolute atomic E-state index is 0.0612. The van der Waals surface area contributed by atoms with E-state index in [1.165, 1.54) is 7.11 Å². The predicted octanol–water partition coefficient (Wildman–Crippen LogP) is 3.38. The standard InChI is InChI=1S/C17H19ClN2O3/c1-17(22,12-6-4-3-5-7-12)11-19-16(21)20-14-10-13(18)8-9-15(14)23-2/h3-10,22H,11H2,1-2H3,(H2,19,20,21). The predicted molar refractivity (Wildman–Crippen MR) is 91.0 cm³/mol. The monoisotopic (exact) mass is 334 g/mol. The number of amides is 2. The van der Waals surface area contributed by atoms with E-state index in [1.54, 1.807) is 37.3 Å². The van der Waals surface area contributed by atoms with E-state index >= 15 is 0 Å². The van der Waals surface area contributed by atoms with Crippen molar-refractivity contribution in [2.24, 2.45) is 0 Å². The van der Waals surface area contributed by atoms with Crippen molar-refractivity contribution in [3.63, 3.8) is 0 Å². The Labute approximate surface area is 140 Å². The maximum atomic E-state index is 12.0. The summed E-state index contributed by atoms with van der Waals surface area (Å²) in [5.74, 6) is 0.499. The highest BCUT2D eigenvalue weighted by atomic mass is 35.5. The Morgan fingerprint density at radius 3 is 2.61 bits per heavy atom. The van der Waals surface area contributed by atoms with E-state index in [0.29, 0.717) is 16.5 Å². The quantitative estimate of drug-likeness (QED) is 0.785. The lowest BCUT2D eigenvalue weighted by Crippen LogP contribution is -2.40. The molecule has 0 fully saturated rings. The van der Waals surface area contributed by atoms with Crippen LogP contribution in [0.4, 0.5) is 10.5 Å². The third-order valence-electron chi connectivity index (χ3n) is 3.40. The van der Waals surface area contributed by atoms with Gasteiger partial charge in [-0.25, -0.2) is 4.79 Å². The third kappa shape index (κ3) is 4.61. The number of rotatable bonds is 5. The molecule has 0 bridgehead atoms. The van der Waals surface area contributed by atoms with Gasteiger partial charge in [-0.05, 0) is 30.7 Å². The number of benzene rings is 2. The molecule has 2 aromatic rings. The number of halogens is 1. The zero-order valence-corrected chi connectivity index (χ0v) is 13.7. The molecule has 23 heavy (non-hydrogen) atoms. The molecule has 1 atom stereocenters. The van der Waals surface area contributed by atoms with Crippen molar-refractivity contribution in [1.29, 1.82) is 0 Å². The molecule has 0 saturated heterocycles. The number of ether oxygens (including phenoxy) is 1. The summed E-state index contributed by atoms with van der Waals surface area (Å²) in [7, 11) is 1.51. The van der Waals surface area contributed by atoms with Crippen LogP contribution >= 0.6 is 11.6 Å². The Morgan fingerprint density at radius 2 is 1.96 bits per heavy atom. The van der Waals surface area contributed by atoms with Crippen LogP contribution in [0.5, 0.6) is 5.75 Å². The largest absolute Gasteiger partial charge is 0.495 e. The molecule has 0 spiro atoms. The van der Waals surface area contributed by atoms with Crippen LogP contribution < -0.4 is 15.4 Å². The first-order chi connectivity index (χ1) is 10.9.